The van der Waals surface area contributed by atoms with Crippen molar-refractivity contribution in [1.82, 2.24) is 15.2 Å². The average molecular weight is 486 g/mol. The first kappa shape index (κ1) is 23.8. The van der Waals surface area contributed by atoms with Crippen molar-refractivity contribution in [1.29, 1.82) is 0 Å². The molecule has 0 atom stereocenters. The smallest absolute Gasteiger partial charge is 0.260 e. The SMILES string of the molecule is O=C(Cc1csc(NC(=O)c2ccccc2F)n1)NCCN1CCN(c2ccc(F)cc2)CC1. The summed E-state index contributed by atoms with van der Waals surface area (Å²) >= 11 is 1.19. The third-order valence-electron chi connectivity index (χ3n) is 5.55. The van der Waals surface area contributed by atoms with Gasteiger partial charge >= 0.3 is 0 Å². The van der Waals surface area contributed by atoms with E-state index in [4.69, 9.17) is 0 Å². The fourth-order valence-corrected chi connectivity index (χ4v) is 4.42. The van der Waals surface area contributed by atoms with Gasteiger partial charge < -0.3 is 10.2 Å². The Labute approximate surface area is 200 Å². The van der Waals surface area contributed by atoms with Crippen LogP contribution in [0.5, 0.6) is 0 Å². The van der Waals surface area contributed by atoms with Crippen LogP contribution in [-0.4, -0.2) is 61.0 Å². The second kappa shape index (κ2) is 11.2. The standard InChI is InChI=1S/C24H25F2N5O2S/c25-17-5-7-19(8-6-17)31-13-11-30(12-14-31)10-9-27-22(32)15-18-16-34-24(28-18)29-23(33)20-3-1-2-4-21(20)26/h1-8,16H,9-15H2,(H,27,32)(H,28,29,33). The second-order valence-electron chi connectivity index (χ2n) is 7.91. The van der Waals surface area contributed by atoms with Gasteiger partial charge in [0.2, 0.25) is 5.91 Å². The normalized spacial score (nSPS) is 14.1. The predicted molar refractivity (Wildman–Crippen MR) is 128 cm³/mol. The minimum absolute atomic E-state index is 0.0597. The highest BCUT2D eigenvalue weighted by atomic mass is 32.1. The number of halogens is 2. The third kappa shape index (κ3) is 6.36. The van der Waals surface area contributed by atoms with E-state index < -0.39 is 11.7 Å². The molecular weight excluding hydrogens is 460 g/mol. The molecule has 1 aliphatic heterocycles. The zero-order chi connectivity index (χ0) is 23.9. The number of hydrogen-bond acceptors (Lipinski definition) is 6. The summed E-state index contributed by atoms with van der Waals surface area (Å²) in [6.45, 7) is 4.69. The number of piperazine rings is 1. The van der Waals surface area contributed by atoms with Gasteiger partial charge in [-0.1, -0.05) is 12.1 Å². The first-order chi connectivity index (χ1) is 16.5. The minimum Gasteiger partial charge on any atom is -0.369 e. The van der Waals surface area contributed by atoms with Crippen LogP contribution in [0.1, 0.15) is 16.1 Å². The number of amides is 2. The molecule has 0 spiro atoms. The molecule has 3 aromatic rings. The van der Waals surface area contributed by atoms with Gasteiger partial charge in [0.05, 0.1) is 17.7 Å². The lowest BCUT2D eigenvalue weighted by Gasteiger charge is -2.36. The molecule has 7 nitrogen and oxygen atoms in total. The number of nitrogens with one attached hydrogen (secondary N) is 2. The van der Waals surface area contributed by atoms with E-state index in [-0.39, 0.29) is 23.7 Å². The highest BCUT2D eigenvalue weighted by Crippen LogP contribution is 2.18. The monoisotopic (exact) mass is 485 g/mol. The predicted octanol–water partition coefficient (Wildman–Crippen LogP) is 3.15. The van der Waals surface area contributed by atoms with Crippen molar-refractivity contribution in [2.75, 3.05) is 49.5 Å². The lowest BCUT2D eigenvalue weighted by molar-refractivity contribution is -0.120. The van der Waals surface area contributed by atoms with E-state index in [1.807, 2.05) is 0 Å². The van der Waals surface area contributed by atoms with Crippen LogP contribution in [0.4, 0.5) is 19.6 Å². The summed E-state index contributed by atoms with van der Waals surface area (Å²) in [5, 5.41) is 7.48. The van der Waals surface area contributed by atoms with Gasteiger partial charge in [0, 0.05) is 50.3 Å². The third-order valence-corrected chi connectivity index (χ3v) is 6.35. The molecule has 0 unspecified atom stereocenters. The van der Waals surface area contributed by atoms with E-state index in [0.717, 1.165) is 38.4 Å². The maximum Gasteiger partial charge on any atom is 0.260 e. The molecule has 178 valence electrons. The molecule has 1 aliphatic rings. The Bertz CT molecular complexity index is 1130. The van der Waals surface area contributed by atoms with E-state index in [0.29, 0.717) is 17.4 Å². The van der Waals surface area contributed by atoms with Crippen LogP contribution in [0.25, 0.3) is 0 Å². The van der Waals surface area contributed by atoms with Gasteiger partial charge in [-0.3, -0.25) is 19.8 Å². The van der Waals surface area contributed by atoms with Crippen molar-refractivity contribution in [2.45, 2.75) is 6.42 Å². The van der Waals surface area contributed by atoms with E-state index in [2.05, 4.69) is 25.4 Å². The Hall–Kier alpha value is -3.37. The van der Waals surface area contributed by atoms with Gasteiger partial charge in [-0.2, -0.15) is 0 Å². The molecule has 1 aromatic heterocycles. The Morgan fingerprint density at radius 3 is 2.47 bits per heavy atom. The van der Waals surface area contributed by atoms with Gasteiger partial charge in [-0.15, -0.1) is 11.3 Å². The highest BCUT2D eigenvalue weighted by molar-refractivity contribution is 7.14. The lowest BCUT2D eigenvalue weighted by atomic mass is 10.2. The fraction of sp³-hybridized carbons (Fsp3) is 0.292. The Morgan fingerprint density at radius 1 is 1.00 bits per heavy atom. The van der Waals surface area contributed by atoms with E-state index in [9.17, 15) is 18.4 Å². The number of nitrogens with zero attached hydrogens (tertiary/aromatic N) is 3. The van der Waals surface area contributed by atoms with Crippen LogP contribution in [-0.2, 0) is 11.2 Å². The largest absolute Gasteiger partial charge is 0.369 e. The Morgan fingerprint density at radius 2 is 1.74 bits per heavy atom. The number of hydrogen-bond donors (Lipinski definition) is 2. The molecule has 2 heterocycles. The van der Waals surface area contributed by atoms with E-state index in [1.165, 1.54) is 41.7 Å². The zero-order valence-electron chi connectivity index (χ0n) is 18.5. The molecule has 0 bridgehead atoms. The van der Waals surface area contributed by atoms with Crippen LogP contribution >= 0.6 is 11.3 Å². The quantitative estimate of drug-likeness (QED) is 0.513. The summed E-state index contributed by atoms with van der Waals surface area (Å²) in [6.07, 6.45) is 0.102. The maximum atomic E-state index is 13.7. The van der Waals surface area contributed by atoms with Crippen molar-refractivity contribution in [3.8, 4) is 0 Å². The number of benzene rings is 2. The van der Waals surface area contributed by atoms with Crippen LogP contribution in [0.2, 0.25) is 0 Å². The van der Waals surface area contributed by atoms with Crippen molar-refractivity contribution in [2.24, 2.45) is 0 Å². The molecule has 0 saturated carbocycles. The first-order valence-electron chi connectivity index (χ1n) is 11.0. The number of rotatable bonds is 8. The van der Waals surface area contributed by atoms with Crippen molar-refractivity contribution >= 4 is 34.0 Å². The van der Waals surface area contributed by atoms with Gasteiger partial charge in [-0.25, -0.2) is 13.8 Å². The molecule has 0 radical (unpaired) electrons. The van der Waals surface area contributed by atoms with Gasteiger partial charge in [0.15, 0.2) is 5.13 Å². The fourth-order valence-electron chi connectivity index (χ4n) is 3.72. The Balaban J connectivity index is 1.16. The van der Waals surface area contributed by atoms with Crippen LogP contribution < -0.4 is 15.5 Å². The molecule has 4 rings (SSSR count). The number of carbonyl (C=O) groups excluding carboxylic acids is 2. The van der Waals surface area contributed by atoms with Crippen LogP contribution in [0.3, 0.4) is 0 Å². The summed E-state index contributed by atoms with van der Waals surface area (Å²) in [4.78, 5) is 33.2. The Kier molecular flexibility index (Phi) is 7.81. The van der Waals surface area contributed by atoms with Crippen molar-refractivity contribution in [3.05, 3.63) is 76.8 Å². The first-order valence-corrected chi connectivity index (χ1v) is 11.9. The molecule has 1 saturated heterocycles. The molecule has 2 amide bonds. The number of aromatic nitrogens is 1. The van der Waals surface area contributed by atoms with Crippen molar-refractivity contribution < 1.29 is 18.4 Å². The number of thiazole rings is 1. The molecule has 10 heteroatoms. The molecule has 2 aromatic carbocycles. The molecule has 2 N–H and O–H groups in total. The highest BCUT2D eigenvalue weighted by Gasteiger charge is 2.18. The summed E-state index contributed by atoms with van der Waals surface area (Å²) in [5.41, 5.74) is 1.50. The topological polar surface area (TPSA) is 77.6 Å². The average Bonchev–Trinajstić information content (AvgIpc) is 3.26. The molecule has 34 heavy (non-hydrogen) atoms. The van der Waals surface area contributed by atoms with Crippen LogP contribution in [0.15, 0.2) is 53.9 Å². The number of carbonyl (C=O) groups is 2. The van der Waals surface area contributed by atoms with E-state index in [1.54, 1.807) is 23.6 Å². The molecular formula is C24H25F2N5O2S. The molecule has 1 fully saturated rings. The van der Waals surface area contributed by atoms with Crippen molar-refractivity contribution in [3.63, 3.8) is 0 Å². The summed E-state index contributed by atoms with van der Waals surface area (Å²) < 4.78 is 26.8. The summed E-state index contributed by atoms with van der Waals surface area (Å²) in [5.74, 6) is -1.57. The maximum absolute atomic E-state index is 13.7. The zero-order valence-corrected chi connectivity index (χ0v) is 19.3. The van der Waals surface area contributed by atoms with Gasteiger partial charge in [0.25, 0.3) is 5.91 Å². The molecule has 0 aliphatic carbocycles. The summed E-state index contributed by atoms with van der Waals surface area (Å²) in [6, 6.07) is 12.2. The van der Waals surface area contributed by atoms with Gasteiger partial charge in [-0.05, 0) is 36.4 Å². The minimum atomic E-state index is -0.604. The van der Waals surface area contributed by atoms with Crippen LogP contribution in [0, 0.1) is 11.6 Å². The summed E-state index contributed by atoms with van der Waals surface area (Å²) in [7, 11) is 0. The van der Waals surface area contributed by atoms with E-state index >= 15 is 0 Å². The number of anilines is 2. The van der Waals surface area contributed by atoms with Gasteiger partial charge in [0.1, 0.15) is 11.6 Å². The second-order valence-corrected chi connectivity index (χ2v) is 8.77. The lowest BCUT2D eigenvalue weighted by Crippen LogP contribution is -2.48.